The Kier molecular flexibility index (Phi) is 4.11. The van der Waals surface area contributed by atoms with Crippen molar-refractivity contribution in [3.63, 3.8) is 0 Å². The van der Waals surface area contributed by atoms with Crippen LogP contribution in [0.15, 0.2) is 18.7 Å². The molecule has 6 nitrogen and oxygen atoms in total. The minimum Gasteiger partial charge on any atom is -0.490 e. The number of rotatable bonds is 10. The minimum absolute atomic E-state index is 0.164. The molecule has 0 spiro atoms. The number of hydrogen-bond donors (Lipinski definition) is 0. The minimum atomic E-state index is 0.164. The van der Waals surface area contributed by atoms with E-state index in [1.54, 1.807) is 6.08 Å². The Morgan fingerprint density at radius 1 is 0.870 bits per heavy atom. The Bertz CT molecular complexity index is 575. The van der Waals surface area contributed by atoms with Gasteiger partial charge in [0.15, 0.2) is 11.5 Å². The van der Waals surface area contributed by atoms with Gasteiger partial charge in [0.2, 0.25) is 0 Å². The van der Waals surface area contributed by atoms with Crippen LogP contribution in [0.3, 0.4) is 0 Å². The molecule has 3 aliphatic rings. The van der Waals surface area contributed by atoms with Crippen molar-refractivity contribution in [3.8, 4) is 17.2 Å². The van der Waals surface area contributed by atoms with E-state index < -0.39 is 0 Å². The molecule has 3 fully saturated rings. The van der Waals surface area contributed by atoms with Crippen LogP contribution in [0, 0.1) is 0 Å². The summed E-state index contributed by atoms with van der Waals surface area (Å²) in [6, 6.07) is 3.74. The zero-order valence-electron chi connectivity index (χ0n) is 12.9. The fourth-order valence-corrected chi connectivity index (χ4v) is 2.18. The average Bonchev–Trinajstić information content (AvgIpc) is 3.41. The van der Waals surface area contributed by atoms with Gasteiger partial charge in [-0.3, -0.25) is 0 Å². The van der Waals surface area contributed by atoms with Gasteiger partial charge >= 0.3 is 0 Å². The smallest absolute Gasteiger partial charge is 0.172 e. The fraction of sp³-hybridized carbons (Fsp3) is 0.529. The maximum absolute atomic E-state index is 5.93. The van der Waals surface area contributed by atoms with Crippen molar-refractivity contribution in [1.82, 2.24) is 0 Å². The van der Waals surface area contributed by atoms with Crippen molar-refractivity contribution in [2.45, 2.75) is 18.3 Å². The predicted octanol–water partition coefficient (Wildman–Crippen LogP) is 1.66. The molecule has 3 unspecified atom stereocenters. The third kappa shape index (κ3) is 3.96. The number of ether oxygens (including phenoxy) is 6. The van der Waals surface area contributed by atoms with E-state index in [-0.39, 0.29) is 18.3 Å². The summed E-state index contributed by atoms with van der Waals surface area (Å²) in [6.07, 6.45) is 2.27. The lowest BCUT2D eigenvalue weighted by Gasteiger charge is -2.17. The van der Waals surface area contributed by atoms with Gasteiger partial charge in [-0.2, -0.15) is 0 Å². The van der Waals surface area contributed by atoms with E-state index in [1.807, 2.05) is 12.1 Å². The van der Waals surface area contributed by atoms with Gasteiger partial charge in [0, 0.05) is 0 Å². The van der Waals surface area contributed by atoms with Crippen LogP contribution < -0.4 is 14.2 Å². The summed E-state index contributed by atoms with van der Waals surface area (Å²) >= 11 is 0. The van der Waals surface area contributed by atoms with Gasteiger partial charge in [0.25, 0.3) is 0 Å². The van der Waals surface area contributed by atoms with Crippen LogP contribution >= 0.6 is 0 Å². The number of epoxide rings is 3. The van der Waals surface area contributed by atoms with Crippen LogP contribution in [0.4, 0.5) is 0 Å². The topological polar surface area (TPSA) is 65.3 Å². The van der Waals surface area contributed by atoms with E-state index >= 15 is 0 Å². The first-order valence-corrected chi connectivity index (χ1v) is 7.86. The Balaban J connectivity index is 1.53. The summed E-state index contributed by atoms with van der Waals surface area (Å²) in [6.45, 7) is 7.67. The quantitative estimate of drug-likeness (QED) is 0.611. The highest BCUT2D eigenvalue weighted by Crippen LogP contribution is 2.39. The Labute approximate surface area is 134 Å². The molecule has 0 bridgehead atoms. The molecule has 3 heterocycles. The highest BCUT2D eigenvalue weighted by molar-refractivity contribution is 5.67. The second-order valence-corrected chi connectivity index (χ2v) is 5.81. The molecule has 4 rings (SSSR count). The largest absolute Gasteiger partial charge is 0.490 e. The first-order valence-electron chi connectivity index (χ1n) is 7.86. The fourth-order valence-electron chi connectivity index (χ4n) is 2.18. The first kappa shape index (κ1) is 14.8. The number of benzene rings is 1. The summed E-state index contributed by atoms with van der Waals surface area (Å²) in [4.78, 5) is 0. The maximum Gasteiger partial charge on any atom is 0.172 e. The van der Waals surface area contributed by atoms with Crippen LogP contribution in [0.1, 0.15) is 5.56 Å². The molecule has 0 radical (unpaired) electrons. The van der Waals surface area contributed by atoms with E-state index in [0.29, 0.717) is 31.3 Å². The third-order valence-electron chi connectivity index (χ3n) is 3.79. The summed E-state index contributed by atoms with van der Waals surface area (Å²) in [7, 11) is 0. The highest BCUT2D eigenvalue weighted by Gasteiger charge is 2.28. The van der Waals surface area contributed by atoms with Crippen LogP contribution in [0.5, 0.6) is 17.2 Å². The zero-order valence-corrected chi connectivity index (χ0v) is 12.9. The van der Waals surface area contributed by atoms with Gasteiger partial charge in [-0.25, -0.2) is 0 Å². The van der Waals surface area contributed by atoms with Crippen molar-refractivity contribution in [3.05, 3.63) is 24.3 Å². The molecule has 3 saturated heterocycles. The van der Waals surface area contributed by atoms with Crippen molar-refractivity contribution >= 4 is 6.08 Å². The van der Waals surface area contributed by atoms with Crippen LogP contribution in [0.2, 0.25) is 0 Å². The molecule has 0 aliphatic carbocycles. The zero-order chi connectivity index (χ0) is 15.6. The molecular formula is C17H20O6. The molecule has 0 saturated carbocycles. The lowest BCUT2D eigenvalue weighted by molar-refractivity contribution is 0.224. The highest BCUT2D eigenvalue weighted by atomic mass is 16.6. The van der Waals surface area contributed by atoms with Gasteiger partial charge in [-0.15, -0.1) is 0 Å². The van der Waals surface area contributed by atoms with Crippen LogP contribution in [0.25, 0.3) is 6.08 Å². The molecule has 3 atom stereocenters. The molecule has 0 amide bonds. The molecule has 0 N–H and O–H groups in total. The molecule has 3 aliphatic heterocycles. The standard InChI is InChI=1S/C17H20O6/c1-2-14-15(21-8-11-5-18-11)3-4-16(22-9-12-6-19-12)17(14)23-10-13-7-20-13/h2-4,11-13H,1,5-10H2. The van der Waals surface area contributed by atoms with Crippen LogP contribution in [-0.4, -0.2) is 58.0 Å². The summed E-state index contributed by atoms with van der Waals surface area (Å²) in [5, 5.41) is 0. The van der Waals surface area contributed by atoms with E-state index in [0.717, 1.165) is 31.1 Å². The molecule has 0 aromatic heterocycles. The third-order valence-corrected chi connectivity index (χ3v) is 3.79. The van der Waals surface area contributed by atoms with E-state index in [1.165, 1.54) is 0 Å². The second kappa shape index (κ2) is 6.39. The monoisotopic (exact) mass is 320 g/mol. The number of hydrogen-bond acceptors (Lipinski definition) is 6. The normalized spacial score (nSPS) is 27.2. The van der Waals surface area contributed by atoms with Gasteiger partial charge in [0.1, 0.15) is 43.9 Å². The lowest BCUT2D eigenvalue weighted by Crippen LogP contribution is -2.11. The molecule has 23 heavy (non-hydrogen) atoms. The van der Waals surface area contributed by atoms with Crippen molar-refractivity contribution in [2.75, 3.05) is 39.6 Å². The Morgan fingerprint density at radius 2 is 1.35 bits per heavy atom. The molecule has 6 heteroatoms. The lowest BCUT2D eigenvalue weighted by atomic mass is 10.1. The summed E-state index contributed by atoms with van der Waals surface area (Å²) < 4.78 is 33.2. The predicted molar refractivity (Wildman–Crippen MR) is 82.2 cm³/mol. The first-order chi connectivity index (χ1) is 11.3. The van der Waals surface area contributed by atoms with Crippen molar-refractivity contribution in [1.29, 1.82) is 0 Å². The van der Waals surface area contributed by atoms with Crippen molar-refractivity contribution in [2.24, 2.45) is 0 Å². The summed E-state index contributed by atoms with van der Waals surface area (Å²) in [5.41, 5.74) is 0.792. The Hall–Kier alpha value is -1.76. The molecular weight excluding hydrogens is 300 g/mol. The SMILES string of the molecule is C=Cc1c(OCC2CO2)ccc(OCC2CO2)c1OCC1CO1. The van der Waals surface area contributed by atoms with E-state index in [2.05, 4.69) is 6.58 Å². The Morgan fingerprint density at radius 3 is 1.87 bits per heavy atom. The average molecular weight is 320 g/mol. The second-order valence-electron chi connectivity index (χ2n) is 5.81. The maximum atomic E-state index is 5.93. The van der Waals surface area contributed by atoms with Gasteiger partial charge in [-0.1, -0.05) is 12.7 Å². The summed E-state index contributed by atoms with van der Waals surface area (Å²) in [5.74, 6) is 2.04. The van der Waals surface area contributed by atoms with Crippen molar-refractivity contribution < 1.29 is 28.4 Å². The van der Waals surface area contributed by atoms with Gasteiger partial charge < -0.3 is 28.4 Å². The van der Waals surface area contributed by atoms with E-state index in [4.69, 9.17) is 28.4 Å². The van der Waals surface area contributed by atoms with Gasteiger partial charge in [-0.05, 0) is 12.1 Å². The molecule has 1 aromatic rings. The molecule has 1 aromatic carbocycles. The van der Waals surface area contributed by atoms with E-state index in [9.17, 15) is 0 Å². The van der Waals surface area contributed by atoms with Crippen LogP contribution in [-0.2, 0) is 14.2 Å². The molecule has 124 valence electrons. The van der Waals surface area contributed by atoms with Gasteiger partial charge in [0.05, 0.1) is 25.4 Å².